The Bertz CT molecular complexity index is 1030. The van der Waals surface area contributed by atoms with Crippen molar-refractivity contribution in [3.8, 4) is 11.1 Å². The fourth-order valence-corrected chi connectivity index (χ4v) is 4.23. The summed E-state index contributed by atoms with van der Waals surface area (Å²) in [4.78, 5) is 12.9. The number of carbonyl (C=O) groups excluding carboxylic acids is 1. The minimum atomic E-state index is -4.48. The first kappa shape index (κ1) is 19.0. The average molecular weight is 416 g/mol. The smallest absolute Gasteiger partial charge is 0.414 e. The summed E-state index contributed by atoms with van der Waals surface area (Å²) in [7, 11) is -2.87. The average Bonchev–Trinajstić information content (AvgIpc) is 2.53. The Morgan fingerprint density at radius 2 is 1.77 bits per heavy atom. The van der Waals surface area contributed by atoms with Crippen molar-refractivity contribution in [3.05, 3.63) is 45.9 Å². The van der Waals surface area contributed by atoms with E-state index in [2.05, 4.69) is 0 Å². The first-order valence-corrected chi connectivity index (χ1v) is 9.70. The van der Waals surface area contributed by atoms with E-state index in [-0.39, 0.29) is 10.0 Å². The molecule has 1 aliphatic rings. The second kappa shape index (κ2) is 6.13. The van der Waals surface area contributed by atoms with Crippen molar-refractivity contribution >= 4 is 45.1 Å². The molecule has 0 atom stereocenters. The third kappa shape index (κ3) is 3.05. The Hall–Kier alpha value is -1.80. The SMILES string of the molecule is CN1C(=O)OC(C)(C)c2cc(-c3ccc(S(=O)(=O)O)c(Cl)c3Cl)ccc21. The highest BCUT2D eigenvalue weighted by Crippen LogP contribution is 2.43. The van der Waals surface area contributed by atoms with Crippen LogP contribution in [-0.2, 0) is 20.5 Å². The van der Waals surface area contributed by atoms with E-state index >= 15 is 0 Å². The largest absolute Gasteiger partial charge is 0.438 e. The fourth-order valence-electron chi connectivity index (χ4n) is 2.87. The van der Waals surface area contributed by atoms with Gasteiger partial charge in [-0.2, -0.15) is 8.42 Å². The van der Waals surface area contributed by atoms with Crippen molar-refractivity contribution < 1.29 is 22.5 Å². The van der Waals surface area contributed by atoms with Crippen LogP contribution in [0.1, 0.15) is 19.4 Å². The molecule has 2 aromatic rings. The molecule has 1 N–H and O–H groups in total. The highest BCUT2D eigenvalue weighted by molar-refractivity contribution is 7.86. The molecule has 0 bridgehead atoms. The maximum absolute atomic E-state index is 11.9. The molecule has 0 unspecified atom stereocenters. The number of hydrogen-bond acceptors (Lipinski definition) is 4. The molecular weight excluding hydrogens is 401 g/mol. The summed E-state index contributed by atoms with van der Waals surface area (Å²) in [6, 6.07) is 7.96. The summed E-state index contributed by atoms with van der Waals surface area (Å²) in [5, 5.41) is -0.257. The zero-order valence-corrected chi connectivity index (χ0v) is 16.4. The van der Waals surface area contributed by atoms with E-state index in [1.54, 1.807) is 33.0 Å². The fraction of sp³-hybridized carbons (Fsp3) is 0.235. The lowest BCUT2D eigenvalue weighted by atomic mass is 9.91. The molecule has 2 aromatic carbocycles. The predicted molar refractivity (Wildman–Crippen MR) is 99.6 cm³/mol. The second-order valence-electron chi connectivity index (χ2n) is 6.38. The lowest BCUT2D eigenvalue weighted by Crippen LogP contribution is -2.41. The van der Waals surface area contributed by atoms with Crippen molar-refractivity contribution in [1.82, 2.24) is 0 Å². The van der Waals surface area contributed by atoms with Crippen LogP contribution >= 0.6 is 23.2 Å². The minimum Gasteiger partial charge on any atom is -0.438 e. The van der Waals surface area contributed by atoms with Crippen LogP contribution in [0.2, 0.25) is 10.0 Å². The molecule has 0 fully saturated rings. The van der Waals surface area contributed by atoms with Crippen molar-refractivity contribution in [1.29, 1.82) is 0 Å². The van der Waals surface area contributed by atoms with Gasteiger partial charge in [0.05, 0.1) is 15.7 Å². The lowest BCUT2D eigenvalue weighted by molar-refractivity contribution is 0.0362. The molecule has 0 aliphatic carbocycles. The van der Waals surface area contributed by atoms with Gasteiger partial charge in [0.15, 0.2) is 0 Å². The Balaban J connectivity index is 2.19. The summed E-state index contributed by atoms with van der Waals surface area (Å²) in [6.07, 6.45) is -0.450. The van der Waals surface area contributed by atoms with E-state index in [0.29, 0.717) is 16.8 Å². The number of nitrogens with zero attached hydrogens (tertiary/aromatic N) is 1. The molecule has 6 nitrogen and oxygen atoms in total. The van der Waals surface area contributed by atoms with Crippen molar-refractivity contribution in [2.45, 2.75) is 24.3 Å². The first-order valence-electron chi connectivity index (χ1n) is 7.50. The molecule has 0 saturated carbocycles. The molecule has 0 aromatic heterocycles. The molecule has 1 amide bonds. The molecule has 3 rings (SSSR count). The van der Waals surface area contributed by atoms with Crippen LogP contribution in [-0.4, -0.2) is 26.1 Å². The standard InChI is InChI=1S/C17H15Cl2NO5S/c1-17(2)11-8-9(4-6-12(11)20(3)16(21)25-17)10-5-7-13(26(22,23)24)15(19)14(10)18/h4-8H,1-3H3,(H,22,23,24). The number of carbonyl (C=O) groups is 1. The number of amides is 1. The van der Waals surface area contributed by atoms with Gasteiger partial charge in [0.2, 0.25) is 0 Å². The number of halogens is 2. The molecule has 0 spiro atoms. The Kier molecular flexibility index (Phi) is 4.47. The van der Waals surface area contributed by atoms with Gasteiger partial charge < -0.3 is 4.74 Å². The van der Waals surface area contributed by atoms with Gasteiger partial charge in [0.25, 0.3) is 10.1 Å². The van der Waals surface area contributed by atoms with Crippen LogP contribution in [0.5, 0.6) is 0 Å². The normalized spacial score (nSPS) is 16.2. The van der Waals surface area contributed by atoms with Crippen LogP contribution in [0.15, 0.2) is 35.2 Å². The number of benzene rings is 2. The Morgan fingerprint density at radius 1 is 1.12 bits per heavy atom. The molecule has 1 heterocycles. The van der Waals surface area contributed by atoms with E-state index in [1.807, 2.05) is 6.07 Å². The van der Waals surface area contributed by atoms with Crippen LogP contribution in [0.4, 0.5) is 10.5 Å². The summed E-state index contributed by atoms with van der Waals surface area (Å²) in [6.45, 7) is 3.55. The van der Waals surface area contributed by atoms with Gasteiger partial charge in [-0.15, -0.1) is 0 Å². The van der Waals surface area contributed by atoms with E-state index in [0.717, 1.165) is 5.56 Å². The van der Waals surface area contributed by atoms with Crippen molar-refractivity contribution in [3.63, 3.8) is 0 Å². The number of anilines is 1. The number of hydrogen-bond donors (Lipinski definition) is 1. The van der Waals surface area contributed by atoms with E-state index in [1.165, 1.54) is 17.0 Å². The summed E-state index contributed by atoms with van der Waals surface area (Å²) >= 11 is 12.3. The summed E-state index contributed by atoms with van der Waals surface area (Å²) in [5.74, 6) is 0. The molecule has 0 radical (unpaired) electrons. The number of ether oxygens (including phenoxy) is 1. The summed E-state index contributed by atoms with van der Waals surface area (Å²) < 4.78 is 37.4. The summed E-state index contributed by atoms with van der Waals surface area (Å²) in [5.41, 5.74) is 1.77. The molecule has 138 valence electrons. The minimum absolute atomic E-state index is 0.000654. The van der Waals surface area contributed by atoms with Crippen molar-refractivity contribution in [2.75, 3.05) is 11.9 Å². The zero-order chi connectivity index (χ0) is 19.4. The maximum Gasteiger partial charge on any atom is 0.414 e. The predicted octanol–water partition coefficient (Wildman–Crippen LogP) is 4.73. The number of cyclic esters (lactones) is 1. The van der Waals surface area contributed by atoms with Crippen LogP contribution in [0.25, 0.3) is 11.1 Å². The quantitative estimate of drug-likeness (QED) is 0.716. The van der Waals surface area contributed by atoms with Crippen LogP contribution in [0, 0.1) is 0 Å². The maximum atomic E-state index is 11.9. The van der Waals surface area contributed by atoms with E-state index < -0.39 is 26.7 Å². The van der Waals surface area contributed by atoms with E-state index in [4.69, 9.17) is 27.9 Å². The van der Waals surface area contributed by atoms with Gasteiger partial charge in [-0.3, -0.25) is 9.45 Å². The highest BCUT2D eigenvalue weighted by atomic mass is 35.5. The first-order chi connectivity index (χ1) is 11.9. The van der Waals surface area contributed by atoms with E-state index in [9.17, 15) is 17.8 Å². The van der Waals surface area contributed by atoms with Crippen molar-refractivity contribution in [2.24, 2.45) is 0 Å². The van der Waals surface area contributed by atoms with Gasteiger partial charge in [0.1, 0.15) is 10.5 Å². The van der Waals surface area contributed by atoms with Gasteiger partial charge >= 0.3 is 6.09 Å². The Labute approximate surface area is 161 Å². The third-order valence-corrected chi connectivity index (χ3v) is 6.15. The second-order valence-corrected chi connectivity index (χ2v) is 8.53. The van der Waals surface area contributed by atoms with Gasteiger partial charge in [-0.25, -0.2) is 4.79 Å². The number of rotatable bonds is 2. The van der Waals surface area contributed by atoms with Gasteiger partial charge in [-0.1, -0.05) is 35.3 Å². The third-order valence-electron chi connectivity index (χ3n) is 4.26. The lowest BCUT2D eigenvalue weighted by Gasteiger charge is -2.37. The molecular formula is C17H15Cl2NO5S. The molecule has 9 heteroatoms. The van der Waals surface area contributed by atoms with Gasteiger partial charge in [0, 0.05) is 18.2 Å². The van der Waals surface area contributed by atoms with Crippen LogP contribution in [0.3, 0.4) is 0 Å². The molecule has 26 heavy (non-hydrogen) atoms. The topological polar surface area (TPSA) is 83.9 Å². The Morgan fingerprint density at radius 3 is 2.38 bits per heavy atom. The van der Waals surface area contributed by atoms with Gasteiger partial charge in [-0.05, 0) is 37.6 Å². The zero-order valence-electron chi connectivity index (χ0n) is 14.1. The number of fused-ring (bicyclic) bond motifs is 1. The highest BCUT2D eigenvalue weighted by Gasteiger charge is 2.37. The molecule has 1 aliphatic heterocycles. The molecule has 0 saturated heterocycles. The monoisotopic (exact) mass is 415 g/mol. The van der Waals surface area contributed by atoms with Crippen LogP contribution < -0.4 is 4.90 Å².